The number of nitrogens with zero attached hydrogens (tertiary/aromatic N) is 1. The summed E-state index contributed by atoms with van der Waals surface area (Å²) in [6.45, 7) is 1.48. The Morgan fingerprint density at radius 2 is 2.06 bits per heavy atom. The SMILES string of the molecule is O=C1CN(C2CCOC2)C(=O)C2(CCCC2)N1. The van der Waals surface area contributed by atoms with Crippen LogP contribution >= 0.6 is 0 Å². The van der Waals surface area contributed by atoms with E-state index in [1.807, 2.05) is 0 Å². The van der Waals surface area contributed by atoms with Crippen LogP contribution in [0.2, 0.25) is 0 Å². The molecule has 0 radical (unpaired) electrons. The number of rotatable bonds is 1. The molecule has 1 saturated carbocycles. The molecule has 0 bridgehead atoms. The van der Waals surface area contributed by atoms with Gasteiger partial charge in [-0.25, -0.2) is 0 Å². The molecule has 2 aliphatic heterocycles. The van der Waals surface area contributed by atoms with Gasteiger partial charge in [0.1, 0.15) is 12.1 Å². The second-order valence-corrected chi connectivity index (χ2v) is 5.29. The Morgan fingerprint density at radius 1 is 1.29 bits per heavy atom. The lowest BCUT2D eigenvalue weighted by atomic mass is 9.92. The molecule has 2 heterocycles. The summed E-state index contributed by atoms with van der Waals surface area (Å²) in [6, 6.07) is 0.103. The highest BCUT2D eigenvalue weighted by Gasteiger charge is 2.50. The zero-order chi connectivity index (χ0) is 11.9. The molecule has 0 aromatic heterocycles. The van der Waals surface area contributed by atoms with Crippen LogP contribution in [0.3, 0.4) is 0 Å². The highest BCUT2D eigenvalue weighted by Crippen LogP contribution is 2.34. The number of hydrogen-bond acceptors (Lipinski definition) is 3. The third kappa shape index (κ3) is 1.73. The van der Waals surface area contributed by atoms with E-state index in [9.17, 15) is 9.59 Å². The van der Waals surface area contributed by atoms with Crippen molar-refractivity contribution in [2.45, 2.75) is 43.7 Å². The van der Waals surface area contributed by atoms with Gasteiger partial charge in [-0.05, 0) is 19.3 Å². The van der Waals surface area contributed by atoms with Gasteiger partial charge in [-0.2, -0.15) is 0 Å². The molecule has 0 aromatic carbocycles. The minimum absolute atomic E-state index is 0.0154. The first kappa shape index (κ1) is 11.0. The van der Waals surface area contributed by atoms with E-state index in [1.54, 1.807) is 4.90 Å². The van der Waals surface area contributed by atoms with Gasteiger partial charge in [0.25, 0.3) is 0 Å². The third-order valence-corrected chi connectivity index (χ3v) is 4.17. The standard InChI is InChI=1S/C12H18N2O3/c15-10-7-14(9-3-6-17-8-9)11(16)12(13-10)4-1-2-5-12/h9H,1-8H2,(H,13,15). The first-order chi connectivity index (χ1) is 8.21. The minimum Gasteiger partial charge on any atom is -0.379 e. The zero-order valence-corrected chi connectivity index (χ0v) is 9.91. The van der Waals surface area contributed by atoms with Crippen LogP contribution in [-0.2, 0) is 14.3 Å². The van der Waals surface area contributed by atoms with Gasteiger partial charge in [-0.15, -0.1) is 0 Å². The van der Waals surface area contributed by atoms with E-state index in [0.717, 1.165) is 32.1 Å². The summed E-state index contributed by atoms with van der Waals surface area (Å²) in [7, 11) is 0. The molecule has 5 nitrogen and oxygen atoms in total. The highest BCUT2D eigenvalue weighted by atomic mass is 16.5. The summed E-state index contributed by atoms with van der Waals surface area (Å²) >= 11 is 0. The van der Waals surface area contributed by atoms with E-state index in [1.165, 1.54) is 0 Å². The molecule has 1 N–H and O–H groups in total. The van der Waals surface area contributed by atoms with Gasteiger partial charge in [0.2, 0.25) is 11.8 Å². The monoisotopic (exact) mass is 238 g/mol. The van der Waals surface area contributed by atoms with Crippen molar-refractivity contribution in [3.63, 3.8) is 0 Å². The average molecular weight is 238 g/mol. The second-order valence-electron chi connectivity index (χ2n) is 5.29. The Bertz CT molecular complexity index is 344. The van der Waals surface area contributed by atoms with Gasteiger partial charge in [0, 0.05) is 6.61 Å². The molecule has 94 valence electrons. The Balaban J connectivity index is 1.83. The Kier molecular flexibility index (Phi) is 2.58. The number of carbonyl (C=O) groups excluding carboxylic acids is 2. The maximum atomic E-state index is 12.5. The van der Waals surface area contributed by atoms with Crippen LogP contribution in [0.25, 0.3) is 0 Å². The van der Waals surface area contributed by atoms with E-state index < -0.39 is 5.54 Å². The normalized spacial score (nSPS) is 32.2. The molecule has 1 spiro atoms. The number of piperazine rings is 1. The maximum absolute atomic E-state index is 12.5. The fourth-order valence-corrected chi connectivity index (χ4v) is 3.24. The van der Waals surface area contributed by atoms with Crippen LogP contribution in [0.5, 0.6) is 0 Å². The molecule has 3 rings (SSSR count). The average Bonchev–Trinajstić information content (AvgIpc) is 2.95. The van der Waals surface area contributed by atoms with Crippen molar-refractivity contribution in [3.05, 3.63) is 0 Å². The first-order valence-corrected chi connectivity index (χ1v) is 6.41. The summed E-state index contributed by atoms with van der Waals surface area (Å²) in [5.74, 6) is 0.100. The summed E-state index contributed by atoms with van der Waals surface area (Å²) in [6.07, 6.45) is 4.50. The zero-order valence-electron chi connectivity index (χ0n) is 9.91. The topological polar surface area (TPSA) is 58.6 Å². The largest absolute Gasteiger partial charge is 0.379 e. The summed E-state index contributed by atoms with van der Waals surface area (Å²) < 4.78 is 5.32. The molecule has 3 fully saturated rings. The lowest BCUT2D eigenvalue weighted by Crippen LogP contribution is -2.67. The van der Waals surface area contributed by atoms with Crippen molar-refractivity contribution < 1.29 is 14.3 Å². The maximum Gasteiger partial charge on any atom is 0.249 e. The molecule has 3 aliphatic rings. The predicted molar refractivity (Wildman–Crippen MR) is 60.3 cm³/mol. The van der Waals surface area contributed by atoms with Crippen molar-refractivity contribution >= 4 is 11.8 Å². The molecular formula is C12H18N2O3. The molecule has 1 atom stereocenters. The van der Waals surface area contributed by atoms with Gasteiger partial charge in [-0.3, -0.25) is 9.59 Å². The van der Waals surface area contributed by atoms with Crippen LogP contribution in [0.4, 0.5) is 0 Å². The van der Waals surface area contributed by atoms with Gasteiger partial charge >= 0.3 is 0 Å². The van der Waals surface area contributed by atoms with Crippen molar-refractivity contribution in [1.82, 2.24) is 10.2 Å². The van der Waals surface area contributed by atoms with Crippen molar-refractivity contribution in [1.29, 1.82) is 0 Å². The molecule has 0 aromatic rings. The van der Waals surface area contributed by atoms with Crippen molar-refractivity contribution in [2.75, 3.05) is 19.8 Å². The molecule has 1 aliphatic carbocycles. The Morgan fingerprint density at radius 3 is 2.71 bits per heavy atom. The van der Waals surface area contributed by atoms with Gasteiger partial charge < -0.3 is 15.0 Å². The fourth-order valence-electron chi connectivity index (χ4n) is 3.24. The van der Waals surface area contributed by atoms with Crippen LogP contribution in [0.1, 0.15) is 32.1 Å². The van der Waals surface area contributed by atoms with E-state index >= 15 is 0 Å². The van der Waals surface area contributed by atoms with Crippen LogP contribution < -0.4 is 5.32 Å². The number of ether oxygens (including phenoxy) is 1. The molecule has 1 unspecified atom stereocenters. The predicted octanol–water partition coefficient (Wildman–Crippen LogP) is 0.0465. The van der Waals surface area contributed by atoms with E-state index in [2.05, 4.69) is 5.32 Å². The van der Waals surface area contributed by atoms with E-state index in [-0.39, 0.29) is 24.4 Å². The lowest BCUT2D eigenvalue weighted by Gasteiger charge is -2.42. The third-order valence-electron chi connectivity index (χ3n) is 4.17. The van der Waals surface area contributed by atoms with E-state index in [4.69, 9.17) is 4.74 Å². The van der Waals surface area contributed by atoms with Crippen molar-refractivity contribution in [3.8, 4) is 0 Å². The number of amides is 2. The number of nitrogens with one attached hydrogen (secondary N) is 1. The van der Waals surface area contributed by atoms with Crippen LogP contribution in [-0.4, -0.2) is 48.1 Å². The Hall–Kier alpha value is -1.10. The molecule has 17 heavy (non-hydrogen) atoms. The van der Waals surface area contributed by atoms with Gasteiger partial charge in [0.05, 0.1) is 12.6 Å². The smallest absolute Gasteiger partial charge is 0.249 e. The molecule has 2 saturated heterocycles. The molecular weight excluding hydrogens is 220 g/mol. The second kappa shape index (κ2) is 3.98. The van der Waals surface area contributed by atoms with Crippen LogP contribution in [0, 0.1) is 0 Å². The van der Waals surface area contributed by atoms with Crippen LogP contribution in [0.15, 0.2) is 0 Å². The highest BCUT2D eigenvalue weighted by molar-refractivity contribution is 5.98. The van der Waals surface area contributed by atoms with Gasteiger partial charge in [-0.1, -0.05) is 12.8 Å². The van der Waals surface area contributed by atoms with E-state index in [0.29, 0.717) is 13.2 Å². The van der Waals surface area contributed by atoms with Crippen molar-refractivity contribution in [2.24, 2.45) is 0 Å². The lowest BCUT2D eigenvalue weighted by molar-refractivity contribution is -0.152. The first-order valence-electron chi connectivity index (χ1n) is 6.41. The fraction of sp³-hybridized carbons (Fsp3) is 0.833. The molecule has 5 heteroatoms. The van der Waals surface area contributed by atoms with Gasteiger partial charge in [0.15, 0.2) is 0 Å². The number of carbonyl (C=O) groups is 2. The minimum atomic E-state index is -0.585. The summed E-state index contributed by atoms with van der Waals surface area (Å²) in [5, 5.41) is 2.92. The quantitative estimate of drug-likeness (QED) is 0.702. The summed E-state index contributed by atoms with van der Waals surface area (Å²) in [5.41, 5.74) is -0.585. The number of hydrogen-bond donors (Lipinski definition) is 1. The Labute approximate surface area is 100 Å². The molecule has 2 amide bonds. The summed E-state index contributed by atoms with van der Waals surface area (Å²) in [4.78, 5) is 26.1.